The molecule has 0 aromatic rings. The number of hydrogen-bond donors (Lipinski definition) is 2. The van der Waals surface area contributed by atoms with Crippen LogP contribution in [-0.4, -0.2) is 54.2 Å². The number of carbonyl (C=O) groups excluding carboxylic acids is 2. The van der Waals surface area contributed by atoms with Gasteiger partial charge in [-0.3, -0.25) is 9.59 Å². The predicted molar refractivity (Wildman–Crippen MR) is 73.5 cm³/mol. The number of likely N-dealkylation sites (tertiary alicyclic amines) is 1. The Bertz CT molecular complexity index is 462. The van der Waals surface area contributed by atoms with E-state index in [4.69, 9.17) is 0 Å². The van der Waals surface area contributed by atoms with E-state index in [0.717, 1.165) is 0 Å². The van der Waals surface area contributed by atoms with E-state index in [9.17, 15) is 19.5 Å². The summed E-state index contributed by atoms with van der Waals surface area (Å²) in [5, 5.41) is 11.9. The molecule has 1 aliphatic heterocycles. The van der Waals surface area contributed by atoms with Crippen molar-refractivity contribution in [2.24, 2.45) is 11.8 Å². The van der Waals surface area contributed by atoms with Crippen LogP contribution in [-0.2, 0) is 14.3 Å². The lowest BCUT2D eigenvalue weighted by Gasteiger charge is -2.28. The third-order valence-corrected chi connectivity index (χ3v) is 4.07. The molecule has 7 heteroatoms. The molecule has 3 atom stereocenters. The second-order valence-corrected chi connectivity index (χ2v) is 5.40. The van der Waals surface area contributed by atoms with Gasteiger partial charge >= 0.3 is 12.1 Å². The Labute approximate surface area is 122 Å². The van der Waals surface area contributed by atoms with Crippen LogP contribution < -0.4 is 5.32 Å². The Kier molecular flexibility index (Phi) is 4.82. The van der Waals surface area contributed by atoms with Gasteiger partial charge in [0.05, 0.1) is 25.0 Å². The summed E-state index contributed by atoms with van der Waals surface area (Å²) < 4.78 is 4.53. The van der Waals surface area contributed by atoms with E-state index in [2.05, 4.69) is 10.1 Å². The molecule has 1 aliphatic carbocycles. The Balaban J connectivity index is 1.96. The number of amides is 2. The van der Waals surface area contributed by atoms with Gasteiger partial charge in [0.1, 0.15) is 0 Å². The fraction of sp³-hybridized carbons (Fsp3) is 0.643. The molecular formula is C14H20N2O5. The van der Waals surface area contributed by atoms with E-state index in [-0.39, 0.29) is 11.9 Å². The summed E-state index contributed by atoms with van der Waals surface area (Å²) in [6, 6.07) is -0.135. The van der Waals surface area contributed by atoms with Crippen LogP contribution in [0, 0.1) is 11.8 Å². The van der Waals surface area contributed by atoms with Gasteiger partial charge in [0.25, 0.3) is 0 Å². The van der Waals surface area contributed by atoms with Crippen molar-refractivity contribution in [3.05, 3.63) is 12.2 Å². The lowest BCUT2D eigenvalue weighted by molar-refractivity contribution is -0.150. The molecule has 2 amide bonds. The van der Waals surface area contributed by atoms with Gasteiger partial charge < -0.3 is 20.1 Å². The number of alkyl carbamates (subject to hydrolysis) is 1. The summed E-state index contributed by atoms with van der Waals surface area (Å²) in [5.74, 6) is -2.23. The zero-order valence-electron chi connectivity index (χ0n) is 11.9. The van der Waals surface area contributed by atoms with Crippen molar-refractivity contribution < 1.29 is 24.2 Å². The predicted octanol–water partition coefficient (Wildman–Crippen LogP) is 0.610. The average Bonchev–Trinajstić information content (AvgIpc) is 2.94. The summed E-state index contributed by atoms with van der Waals surface area (Å²) in [6.45, 7) is 0.931. The molecule has 1 unspecified atom stereocenters. The average molecular weight is 296 g/mol. The van der Waals surface area contributed by atoms with Crippen molar-refractivity contribution in [3.63, 3.8) is 0 Å². The van der Waals surface area contributed by atoms with Crippen molar-refractivity contribution >= 4 is 18.0 Å². The number of ether oxygens (including phenoxy) is 1. The highest BCUT2D eigenvalue weighted by Gasteiger charge is 2.38. The molecule has 0 bridgehead atoms. The van der Waals surface area contributed by atoms with Crippen LogP contribution in [0.5, 0.6) is 0 Å². The number of carbonyl (C=O) groups is 3. The SMILES string of the molecule is COC(=O)NC1CCN(C(=O)[C@@H]2CC=CC[C@@H]2C(=O)O)C1. The highest BCUT2D eigenvalue weighted by Crippen LogP contribution is 2.28. The molecule has 0 saturated carbocycles. The first kappa shape index (κ1) is 15.3. The lowest BCUT2D eigenvalue weighted by Crippen LogP contribution is -2.43. The van der Waals surface area contributed by atoms with E-state index in [1.807, 2.05) is 12.2 Å². The topological polar surface area (TPSA) is 95.9 Å². The number of hydrogen-bond acceptors (Lipinski definition) is 4. The molecule has 2 N–H and O–H groups in total. The molecule has 21 heavy (non-hydrogen) atoms. The second-order valence-electron chi connectivity index (χ2n) is 5.40. The van der Waals surface area contributed by atoms with Crippen molar-refractivity contribution in [2.75, 3.05) is 20.2 Å². The van der Waals surface area contributed by atoms with E-state index < -0.39 is 23.9 Å². The van der Waals surface area contributed by atoms with Gasteiger partial charge in [-0.2, -0.15) is 0 Å². The number of methoxy groups -OCH3 is 1. The monoisotopic (exact) mass is 296 g/mol. The summed E-state index contributed by atoms with van der Waals surface area (Å²) >= 11 is 0. The van der Waals surface area contributed by atoms with Crippen molar-refractivity contribution in [2.45, 2.75) is 25.3 Å². The zero-order chi connectivity index (χ0) is 15.4. The molecule has 0 spiro atoms. The fourth-order valence-corrected chi connectivity index (χ4v) is 2.90. The number of nitrogens with zero attached hydrogens (tertiary/aromatic N) is 1. The van der Waals surface area contributed by atoms with Crippen LogP contribution in [0.15, 0.2) is 12.2 Å². The normalized spacial score (nSPS) is 28.2. The summed E-state index contributed by atoms with van der Waals surface area (Å²) in [6.07, 6.45) is 4.67. The minimum absolute atomic E-state index is 0.135. The largest absolute Gasteiger partial charge is 0.481 e. The Hall–Kier alpha value is -2.05. The van der Waals surface area contributed by atoms with E-state index >= 15 is 0 Å². The molecule has 1 fully saturated rings. The number of allylic oxidation sites excluding steroid dienone is 2. The fourth-order valence-electron chi connectivity index (χ4n) is 2.90. The van der Waals surface area contributed by atoms with Gasteiger partial charge in [0.2, 0.25) is 5.91 Å². The lowest BCUT2D eigenvalue weighted by atomic mass is 9.82. The highest BCUT2D eigenvalue weighted by molar-refractivity contribution is 5.85. The van der Waals surface area contributed by atoms with E-state index in [0.29, 0.717) is 32.4 Å². The standard InChI is InChI=1S/C14H20N2O5/c1-21-14(20)15-9-6-7-16(8-9)12(17)10-4-2-3-5-11(10)13(18)19/h2-3,9-11H,4-8H2,1H3,(H,15,20)(H,18,19)/t9?,10-,11+/m1/s1. The first-order chi connectivity index (χ1) is 10.0. The molecule has 1 saturated heterocycles. The van der Waals surface area contributed by atoms with Crippen LogP contribution in [0.1, 0.15) is 19.3 Å². The number of aliphatic carboxylic acids is 1. The third-order valence-electron chi connectivity index (χ3n) is 4.07. The van der Waals surface area contributed by atoms with Gasteiger partial charge in [0, 0.05) is 13.1 Å². The molecule has 7 nitrogen and oxygen atoms in total. The highest BCUT2D eigenvalue weighted by atomic mass is 16.5. The Morgan fingerprint density at radius 1 is 1.24 bits per heavy atom. The zero-order valence-corrected chi connectivity index (χ0v) is 11.9. The molecular weight excluding hydrogens is 276 g/mol. The summed E-state index contributed by atoms with van der Waals surface area (Å²) in [5.41, 5.74) is 0. The Morgan fingerprint density at radius 2 is 1.90 bits per heavy atom. The first-order valence-electron chi connectivity index (χ1n) is 7.04. The maximum absolute atomic E-state index is 12.5. The molecule has 0 radical (unpaired) electrons. The Morgan fingerprint density at radius 3 is 2.52 bits per heavy atom. The molecule has 116 valence electrons. The van der Waals surface area contributed by atoms with Crippen molar-refractivity contribution in [3.8, 4) is 0 Å². The van der Waals surface area contributed by atoms with Crippen LogP contribution in [0.3, 0.4) is 0 Å². The van der Waals surface area contributed by atoms with Gasteiger partial charge in [-0.25, -0.2) is 4.79 Å². The minimum atomic E-state index is -0.930. The molecule has 2 aliphatic rings. The van der Waals surface area contributed by atoms with Gasteiger partial charge in [-0.05, 0) is 19.3 Å². The molecule has 0 aromatic heterocycles. The van der Waals surface area contributed by atoms with Crippen molar-refractivity contribution in [1.82, 2.24) is 10.2 Å². The van der Waals surface area contributed by atoms with Crippen LogP contribution in [0.2, 0.25) is 0 Å². The molecule has 1 heterocycles. The van der Waals surface area contributed by atoms with Crippen LogP contribution >= 0.6 is 0 Å². The number of carboxylic acids is 1. The van der Waals surface area contributed by atoms with Crippen LogP contribution in [0.4, 0.5) is 4.79 Å². The maximum atomic E-state index is 12.5. The number of rotatable bonds is 3. The quantitative estimate of drug-likeness (QED) is 0.744. The van der Waals surface area contributed by atoms with Crippen LogP contribution in [0.25, 0.3) is 0 Å². The van der Waals surface area contributed by atoms with E-state index in [1.54, 1.807) is 4.90 Å². The number of carboxylic acid groups (broad SMARTS) is 1. The number of nitrogens with one attached hydrogen (secondary N) is 1. The van der Waals surface area contributed by atoms with Gasteiger partial charge in [-0.1, -0.05) is 12.2 Å². The second kappa shape index (κ2) is 6.60. The van der Waals surface area contributed by atoms with Crippen molar-refractivity contribution in [1.29, 1.82) is 0 Å². The molecule has 0 aromatic carbocycles. The minimum Gasteiger partial charge on any atom is -0.481 e. The third kappa shape index (κ3) is 3.53. The van der Waals surface area contributed by atoms with Gasteiger partial charge in [-0.15, -0.1) is 0 Å². The summed E-state index contributed by atoms with van der Waals surface area (Å²) in [7, 11) is 1.29. The van der Waals surface area contributed by atoms with E-state index in [1.165, 1.54) is 7.11 Å². The van der Waals surface area contributed by atoms with Gasteiger partial charge in [0.15, 0.2) is 0 Å². The first-order valence-corrected chi connectivity index (χ1v) is 7.04. The maximum Gasteiger partial charge on any atom is 0.407 e. The summed E-state index contributed by atoms with van der Waals surface area (Å²) in [4.78, 5) is 36.6. The smallest absolute Gasteiger partial charge is 0.407 e. The molecule has 2 rings (SSSR count).